The van der Waals surface area contributed by atoms with E-state index in [1.54, 1.807) is 25.1 Å². The molecule has 0 saturated heterocycles. The maximum absolute atomic E-state index is 11.8. The molecule has 2 aromatic carbocycles. The number of carbonyl (C=O) groups excluding carboxylic acids is 1. The molecule has 0 saturated carbocycles. The van der Waals surface area contributed by atoms with E-state index in [2.05, 4.69) is 42.6 Å². The summed E-state index contributed by atoms with van der Waals surface area (Å²) < 4.78 is 5.09. The zero-order chi connectivity index (χ0) is 17.4. The van der Waals surface area contributed by atoms with E-state index in [-0.39, 0.29) is 5.91 Å². The number of hydrogen-bond acceptors (Lipinski definition) is 4. The first-order valence-corrected chi connectivity index (χ1v) is 8.83. The zero-order valence-corrected chi connectivity index (χ0v) is 15.0. The first-order valence-electron chi connectivity index (χ1n) is 7.67. The van der Waals surface area contributed by atoms with Crippen LogP contribution in [0.2, 0.25) is 0 Å². The SMILES string of the molecule is COc1ccc(/C=N\NC(=O)CSCc2cc(C)cc(C)c2)cc1. The minimum atomic E-state index is -0.103. The number of methoxy groups -OCH3 is 1. The lowest BCUT2D eigenvalue weighted by atomic mass is 10.1. The highest BCUT2D eigenvalue weighted by molar-refractivity contribution is 7.99. The Labute approximate surface area is 147 Å². The second-order valence-corrected chi connectivity index (χ2v) is 6.54. The number of nitrogens with zero attached hydrogens (tertiary/aromatic N) is 1. The van der Waals surface area contributed by atoms with Crippen molar-refractivity contribution in [2.24, 2.45) is 5.10 Å². The summed E-state index contributed by atoms with van der Waals surface area (Å²) in [6.45, 7) is 4.17. The summed E-state index contributed by atoms with van der Waals surface area (Å²) in [5.74, 6) is 1.89. The van der Waals surface area contributed by atoms with Crippen molar-refractivity contribution in [3.63, 3.8) is 0 Å². The molecule has 0 atom stereocenters. The molecular formula is C19H22N2O2S. The number of hydrazone groups is 1. The van der Waals surface area contributed by atoms with E-state index in [1.165, 1.54) is 16.7 Å². The molecule has 1 N–H and O–H groups in total. The summed E-state index contributed by atoms with van der Waals surface area (Å²) >= 11 is 1.58. The molecule has 0 aliphatic heterocycles. The van der Waals surface area contributed by atoms with Gasteiger partial charge in [-0.2, -0.15) is 5.10 Å². The van der Waals surface area contributed by atoms with Gasteiger partial charge >= 0.3 is 0 Å². The van der Waals surface area contributed by atoms with E-state index in [1.807, 2.05) is 24.3 Å². The lowest BCUT2D eigenvalue weighted by Crippen LogP contribution is -2.19. The number of rotatable bonds is 7. The van der Waals surface area contributed by atoms with Gasteiger partial charge in [-0.05, 0) is 49.2 Å². The molecule has 0 fully saturated rings. The van der Waals surface area contributed by atoms with E-state index in [0.717, 1.165) is 17.1 Å². The maximum atomic E-state index is 11.8. The van der Waals surface area contributed by atoms with Crippen molar-refractivity contribution >= 4 is 23.9 Å². The molecule has 2 aromatic rings. The predicted molar refractivity (Wildman–Crippen MR) is 101 cm³/mol. The Kier molecular flexibility index (Phi) is 6.88. The zero-order valence-electron chi connectivity index (χ0n) is 14.2. The summed E-state index contributed by atoms with van der Waals surface area (Å²) in [7, 11) is 1.62. The van der Waals surface area contributed by atoms with Crippen LogP contribution >= 0.6 is 11.8 Å². The molecule has 0 aliphatic rings. The Hall–Kier alpha value is -2.27. The van der Waals surface area contributed by atoms with Crippen molar-refractivity contribution in [1.82, 2.24) is 5.43 Å². The first kappa shape index (κ1) is 18.1. The molecule has 0 aromatic heterocycles. The predicted octanol–water partition coefficient (Wildman–Crippen LogP) is 3.70. The van der Waals surface area contributed by atoms with Gasteiger partial charge in [0.2, 0.25) is 5.91 Å². The number of thioether (sulfide) groups is 1. The van der Waals surface area contributed by atoms with Crippen LogP contribution < -0.4 is 10.2 Å². The van der Waals surface area contributed by atoms with Crippen LogP contribution in [0, 0.1) is 13.8 Å². The van der Waals surface area contributed by atoms with Crippen molar-refractivity contribution in [2.45, 2.75) is 19.6 Å². The molecule has 0 heterocycles. The van der Waals surface area contributed by atoms with Crippen molar-refractivity contribution in [1.29, 1.82) is 0 Å². The van der Waals surface area contributed by atoms with Gasteiger partial charge in [0.1, 0.15) is 5.75 Å². The number of hydrogen-bond donors (Lipinski definition) is 1. The van der Waals surface area contributed by atoms with E-state index >= 15 is 0 Å². The number of amides is 1. The fraction of sp³-hybridized carbons (Fsp3) is 0.263. The number of ether oxygens (including phenoxy) is 1. The maximum Gasteiger partial charge on any atom is 0.250 e. The molecule has 4 nitrogen and oxygen atoms in total. The lowest BCUT2D eigenvalue weighted by molar-refractivity contribution is -0.118. The third-order valence-electron chi connectivity index (χ3n) is 3.30. The monoisotopic (exact) mass is 342 g/mol. The van der Waals surface area contributed by atoms with Crippen LogP contribution in [0.4, 0.5) is 0 Å². The Morgan fingerprint density at radius 1 is 1.17 bits per heavy atom. The van der Waals surface area contributed by atoms with Crippen LogP contribution in [0.25, 0.3) is 0 Å². The third-order valence-corrected chi connectivity index (χ3v) is 4.31. The van der Waals surface area contributed by atoms with Gasteiger partial charge in [0.15, 0.2) is 0 Å². The van der Waals surface area contributed by atoms with Crippen molar-refractivity contribution in [3.05, 3.63) is 64.7 Å². The Morgan fingerprint density at radius 3 is 2.46 bits per heavy atom. The molecule has 0 unspecified atom stereocenters. The largest absolute Gasteiger partial charge is 0.497 e. The highest BCUT2D eigenvalue weighted by Gasteiger charge is 2.02. The van der Waals surface area contributed by atoms with Crippen LogP contribution in [0.15, 0.2) is 47.6 Å². The highest BCUT2D eigenvalue weighted by Crippen LogP contribution is 2.15. The van der Waals surface area contributed by atoms with Gasteiger partial charge in [0, 0.05) is 5.75 Å². The topological polar surface area (TPSA) is 50.7 Å². The van der Waals surface area contributed by atoms with Gasteiger partial charge in [0.25, 0.3) is 0 Å². The van der Waals surface area contributed by atoms with Crippen LogP contribution in [-0.2, 0) is 10.5 Å². The molecule has 2 rings (SSSR count). The lowest BCUT2D eigenvalue weighted by Gasteiger charge is -2.04. The number of benzene rings is 2. The van der Waals surface area contributed by atoms with Gasteiger partial charge < -0.3 is 4.74 Å². The number of nitrogens with one attached hydrogen (secondary N) is 1. The van der Waals surface area contributed by atoms with Crippen LogP contribution in [-0.4, -0.2) is 25.0 Å². The summed E-state index contributed by atoms with van der Waals surface area (Å²) in [4.78, 5) is 11.8. The van der Waals surface area contributed by atoms with Crippen molar-refractivity contribution < 1.29 is 9.53 Å². The smallest absolute Gasteiger partial charge is 0.250 e. The third kappa shape index (κ3) is 6.08. The van der Waals surface area contributed by atoms with Gasteiger partial charge in [-0.1, -0.05) is 29.3 Å². The van der Waals surface area contributed by atoms with E-state index in [4.69, 9.17) is 4.74 Å². The molecule has 126 valence electrons. The standard InChI is InChI=1S/C19H22N2O2S/c1-14-8-15(2)10-17(9-14)12-24-13-19(22)21-20-11-16-4-6-18(23-3)7-5-16/h4-11H,12-13H2,1-3H3,(H,21,22)/b20-11-. The number of aryl methyl sites for hydroxylation is 2. The van der Waals surface area contributed by atoms with E-state index in [9.17, 15) is 4.79 Å². The van der Waals surface area contributed by atoms with Gasteiger partial charge in [-0.15, -0.1) is 11.8 Å². The van der Waals surface area contributed by atoms with Crippen LogP contribution in [0.5, 0.6) is 5.75 Å². The Balaban J connectivity index is 1.73. The van der Waals surface area contributed by atoms with Gasteiger partial charge in [-0.3, -0.25) is 4.79 Å². The molecule has 24 heavy (non-hydrogen) atoms. The minimum Gasteiger partial charge on any atom is -0.497 e. The number of carbonyl (C=O) groups is 1. The summed E-state index contributed by atoms with van der Waals surface area (Å²) in [5.41, 5.74) is 7.19. The summed E-state index contributed by atoms with van der Waals surface area (Å²) in [5, 5.41) is 3.97. The normalized spacial score (nSPS) is 10.8. The Morgan fingerprint density at radius 2 is 1.83 bits per heavy atom. The van der Waals surface area contributed by atoms with Crippen LogP contribution in [0.3, 0.4) is 0 Å². The van der Waals surface area contributed by atoms with Gasteiger partial charge in [0.05, 0.1) is 19.1 Å². The average Bonchev–Trinajstić information content (AvgIpc) is 2.54. The highest BCUT2D eigenvalue weighted by atomic mass is 32.2. The minimum absolute atomic E-state index is 0.103. The van der Waals surface area contributed by atoms with E-state index < -0.39 is 0 Å². The van der Waals surface area contributed by atoms with E-state index in [0.29, 0.717) is 5.75 Å². The Bertz CT molecular complexity index is 692. The molecule has 0 aliphatic carbocycles. The van der Waals surface area contributed by atoms with Crippen molar-refractivity contribution in [2.75, 3.05) is 12.9 Å². The molecule has 0 spiro atoms. The fourth-order valence-corrected chi connectivity index (χ4v) is 3.07. The molecule has 5 heteroatoms. The fourth-order valence-electron chi connectivity index (χ4n) is 2.31. The second-order valence-electron chi connectivity index (χ2n) is 5.56. The van der Waals surface area contributed by atoms with Crippen LogP contribution in [0.1, 0.15) is 22.3 Å². The second kappa shape index (κ2) is 9.13. The van der Waals surface area contributed by atoms with Crippen molar-refractivity contribution in [3.8, 4) is 5.75 Å². The molecule has 0 radical (unpaired) electrons. The summed E-state index contributed by atoms with van der Waals surface area (Å²) in [6.07, 6.45) is 1.62. The van der Waals surface area contributed by atoms with Gasteiger partial charge in [-0.25, -0.2) is 5.43 Å². The molecule has 0 bridgehead atoms. The average molecular weight is 342 g/mol. The molecule has 1 amide bonds. The quantitative estimate of drug-likeness (QED) is 0.617. The summed E-state index contributed by atoms with van der Waals surface area (Å²) in [6, 6.07) is 13.9. The first-order chi connectivity index (χ1) is 11.6. The molecular weight excluding hydrogens is 320 g/mol.